The van der Waals surface area contributed by atoms with Gasteiger partial charge in [0, 0.05) is 6.07 Å². The summed E-state index contributed by atoms with van der Waals surface area (Å²) in [6, 6.07) is 1.51. The Morgan fingerprint density at radius 1 is 1.50 bits per heavy atom. The Morgan fingerprint density at radius 3 is 3.00 bits per heavy atom. The number of rotatable bonds is 0. The molecular weight excluding hydrogens is 152 g/mol. The number of aromatic hydroxyl groups is 1. The van der Waals surface area contributed by atoms with Crippen molar-refractivity contribution in [3.8, 4) is 5.06 Å². The highest BCUT2D eigenvalue weighted by Crippen LogP contribution is 2.26. The molecule has 10 heavy (non-hydrogen) atoms. The zero-order chi connectivity index (χ0) is 7.14. The minimum absolute atomic E-state index is 0.206. The van der Waals surface area contributed by atoms with E-state index in [4.69, 9.17) is 5.11 Å². The molecule has 0 aliphatic carbocycles. The fourth-order valence-electron chi connectivity index (χ4n) is 0.820. The summed E-state index contributed by atoms with van der Waals surface area (Å²) in [5.74, 6) is 0. The highest BCUT2D eigenvalue weighted by Gasteiger charge is 2.01. The molecule has 0 saturated carbocycles. The summed E-state index contributed by atoms with van der Waals surface area (Å²) in [4.78, 5) is 16.3. The van der Waals surface area contributed by atoms with Gasteiger partial charge in [0.15, 0.2) is 5.06 Å². The van der Waals surface area contributed by atoms with Gasteiger partial charge in [-0.15, -0.1) is 0 Å². The van der Waals surface area contributed by atoms with Crippen molar-refractivity contribution in [2.45, 2.75) is 0 Å². The van der Waals surface area contributed by atoms with Crippen molar-refractivity contribution in [1.29, 1.82) is 0 Å². The maximum absolute atomic E-state index is 10.6. The van der Waals surface area contributed by atoms with E-state index in [9.17, 15) is 4.79 Å². The first-order chi connectivity index (χ1) is 4.75. The van der Waals surface area contributed by atoms with Crippen molar-refractivity contribution in [2.24, 2.45) is 0 Å². The van der Waals surface area contributed by atoms with Crippen LogP contribution in [-0.4, -0.2) is 15.1 Å². The molecule has 0 saturated heterocycles. The lowest BCUT2D eigenvalue weighted by Crippen LogP contribution is -1.99. The lowest BCUT2D eigenvalue weighted by molar-refractivity contribution is 0.491. The second kappa shape index (κ2) is 1.63. The van der Waals surface area contributed by atoms with Crippen LogP contribution in [0.2, 0.25) is 0 Å². The van der Waals surface area contributed by atoms with E-state index in [-0.39, 0.29) is 10.8 Å². The molecule has 5 heteroatoms. The standard InChI is InChI=1S/C5H4N2O2S/c8-3-1-2-4(10-3)7-5(9)6-2/h1,8H,(H2,6,7,9). The van der Waals surface area contributed by atoms with Crippen molar-refractivity contribution in [3.05, 3.63) is 16.6 Å². The van der Waals surface area contributed by atoms with Crippen LogP contribution in [-0.2, 0) is 0 Å². The predicted octanol–water partition coefficient (Wildman–Crippen LogP) is 0.623. The predicted molar refractivity (Wildman–Crippen MR) is 38.5 cm³/mol. The number of imidazole rings is 1. The zero-order valence-electron chi connectivity index (χ0n) is 4.84. The first-order valence-corrected chi connectivity index (χ1v) is 3.48. The fourth-order valence-corrected chi connectivity index (χ4v) is 1.57. The first kappa shape index (κ1) is 5.55. The molecule has 0 aromatic carbocycles. The topological polar surface area (TPSA) is 68.9 Å². The Balaban J connectivity index is 2.95. The number of aromatic amines is 2. The summed E-state index contributed by atoms with van der Waals surface area (Å²) >= 11 is 1.14. The van der Waals surface area contributed by atoms with E-state index >= 15 is 0 Å². The van der Waals surface area contributed by atoms with Crippen molar-refractivity contribution >= 4 is 21.7 Å². The van der Waals surface area contributed by atoms with E-state index in [2.05, 4.69) is 9.97 Å². The van der Waals surface area contributed by atoms with Crippen LogP contribution in [0.5, 0.6) is 5.06 Å². The first-order valence-electron chi connectivity index (χ1n) is 2.66. The van der Waals surface area contributed by atoms with Crippen molar-refractivity contribution in [1.82, 2.24) is 9.97 Å². The van der Waals surface area contributed by atoms with Gasteiger partial charge in [0.2, 0.25) is 0 Å². The average Bonchev–Trinajstić information content (AvgIpc) is 2.21. The highest BCUT2D eigenvalue weighted by molar-refractivity contribution is 7.20. The molecule has 0 spiro atoms. The Morgan fingerprint density at radius 2 is 2.30 bits per heavy atom. The van der Waals surface area contributed by atoms with E-state index in [0.29, 0.717) is 10.3 Å². The van der Waals surface area contributed by atoms with E-state index in [1.165, 1.54) is 6.07 Å². The summed E-state index contributed by atoms with van der Waals surface area (Å²) in [6.07, 6.45) is 0. The van der Waals surface area contributed by atoms with Gasteiger partial charge in [-0.05, 0) is 0 Å². The summed E-state index contributed by atoms with van der Waals surface area (Å²) in [6.45, 7) is 0. The van der Waals surface area contributed by atoms with Crippen molar-refractivity contribution in [3.63, 3.8) is 0 Å². The lowest BCUT2D eigenvalue weighted by Gasteiger charge is -1.71. The molecule has 2 heterocycles. The lowest BCUT2D eigenvalue weighted by atomic mass is 10.6. The van der Waals surface area contributed by atoms with E-state index < -0.39 is 0 Å². The molecule has 0 unspecified atom stereocenters. The second-order valence-corrected chi connectivity index (χ2v) is 2.94. The Hall–Kier alpha value is -1.23. The molecule has 0 amide bonds. The number of H-pyrrole nitrogens is 2. The van der Waals surface area contributed by atoms with Gasteiger partial charge in [0.1, 0.15) is 4.83 Å². The Kier molecular flexibility index (Phi) is 0.906. The molecule has 0 atom stereocenters. The number of nitrogens with one attached hydrogen (secondary N) is 2. The molecule has 0 fully saturated rings. The molecule has 2 rings (SSSR count). The summed E-state index contributed by atoms with van der Waals surface area (Å²) in [7, 11) is 0. The third-order valence-corrected chi connectivity index (χ3v) is 2.05. The summed E-state index contributed by atoms with van der Waals surface area (Å²) in [5.41, 5.74) is 0.425. The third-order valence-electron chi connectivity index (χ3n) is 1.19. The number of fused-ring (bicyclic) bond motifs is 1. The Bertz CT molecular complexity index is 376. The van der Waals surface area contributed by atoms with Crippen LogP contribution in [0.25, 0.3) is 10.3 Å². The van der Waals surface area contributed by atoms with Crippen LogP contribution in [0.4, 0.5) is 0 Å². The largest absolute Gasteiger partial charge is 0.499 e. The molecule has 4 nitrogen and oxygen atoms in total. The van der Waals surface area contributed by atoms with Gasteiger partial charge in [-0.3, -0.25) is 4.98 Å². The van der Waals surface area contributed by atoms with Crippen molar-refractivity contribution < 1.29 is 5.11 Å². The zero-order valence-corrected chi connectivity index (χ0v) is 5.66. The van der Waals surface area contributed by atoms with Crippen LogP contribution < -0.4 is 5.69 Å². The number of aromatic nitrogens is 2. The minimum Gasteiger partial charge on any atom is -0.499 e. The number of hydrogen-bond donors (Lipinski definition) is 3. The number of hydrogen-bond acceptors (Lipinski definition) is 3. The van der Waals surface area contributed by atoms with Gasteiger partial charge in [0.05, 0.1) is 5.52 Å². The quantitative estimate of drug-likeness (QED) is 0.523. The smallest absolute Gasteiger partial charge is 0.324 e. The normalized spacial score (nSPS) is 10.8. The molecule has 2 aromatic rings. The molecule has 3 N–H and O–H groups in total. The van der Waals surface area contributed by atoms with Gasteiger partial charge < -0.3 is 10.1 Å². The summed E-state index contributed by atoms with van der Waals surface area (Å²) < 4.78 is 0. The van der Waals surface area contributed by atoms with Crippen LogP contribution in [0.3, 0.4) is 0 Å². The highest BCUT2D eigenvalue weighted by atomic mass is 32.1. The fraction of sp³-hybridized carbons (Fsp3) is 0. The molecule has 0 aliphatic rings. The average molecular weight is 156 g/mol. The van der Waals surface area contributed by atoms with Crippen LogP contribution in [0, 0.1) is 0 Å². The van der Waals surface area contributed by atoms with Gasteiger partial charge >= 0.3 is 5.69 Å². The monoisotopic (exact) mass is 156 g/mol. The molecule has 0 aliphatic heterocycles. The van der Waals surface area contributed by atoms with E-state index in [1.807, 2.05) is 0 Å². The van der Waals surface area contributed by atoms with Crippen LogP contribution in [0.1, 0.15) is 0 Å². The van der Waals surface area contributed by atoms with E-state index in [0.717, 1.165) is 11.3 Å². The molecule has 2 aromatic heterocycles. The van der Waals surface area contributed by atoms with Crippen LogP contribution >= 0.6 is 11.3 Å². The minimum atomic E-state index is -0.235. The Labute approximate surface area is 59.1 Å². The van der Waals surface area contributed by atoms with Gasteiger partial charge in [-0.1, -0.05) is 11.3 Å². The SMILES string of the molecule is O=c1[nH]c2cc(O)sc2[nH]1. The second-order valence-electron chi connectivity index (χ2n) is 1.91. The number of thiophene rings is 1. The van der Waals surface area contributed by atoms with Gasteiger partial charge in [-0.25, -0.2) is 4.79 Å². The van der Waals surface area contributed by atoms with Crippen LogP contribution in [0.15, 0.2) is 10.9 Å². The van der Waals surface area contributed by atoms with Crippen molar-refractivity contribution in [2.75, 3.05) is 0 Å². The van der Waals surface area contributed by atoms with Gasteiger partial charge in [0.25, 0.3) is 0 Å². The molecule has 0 bridgehead atoms. The molecule has 52 valence electrons. The molecule has 0 radical (unpaired) electrons. The van der Waals surface area contributed by atoms with E-state index in [1.54, 1.807) is 0 Å². The third kappa shape index (κ3) is 0.640. The maximum Gasteiger partial charge on any atom is 0.324 e. The van der Waals surface area contributed by atoms with Gasteiger partial charge in [-0.2, -0.15) is 0 Å². The molecular formula is C5H4N2O2S. The summed E-state index contributed by atoms with van der Waals surface area (Å²) in [5, 5.41) is 9.12. The maximum atomic E-state index is 10.6.